The van der Waals surface area contributed by atoms with Gasteiger partial charge in [-0.2, -0.15) is 0 Å². The second kappa shape index (κ2) is 4.35. The molecule has 0 atom stereocenters. The Bertz CT molecular complexity index is 553. The summed E-state index contributed by atoms with van der Waals surface area (Å²) in [7, 11) is 0. The van der Waals surface area contributed by atoms with Gasteiger partial charge in [-0.1, -0.05) is 0 Å². The van der Waals surface area contributed by atoms with Crippen molar-refractivity contribution < 1.29 is 9.18 Å². The normalized spacial score (nSPS) is 10.4. The van der Waals surface area contributed by atoms with Crippen molar-refractivity contribution in [1.29, 1.82) is 0 Å². The Labute approximate surface area is 104 Å². The van der Waals surface area contributed by atoms with Crippen molar-refractivity contribution in [2.45, 2.75) is 0 Å². The molecular weight excluding hydrogens is 293 g/mol. The molecule has 5 heteroatoms. The minimum absolute atomic E-state index is 0.203. The lowest BCUT2D eigenvalue weighted by molar-refractivity contribution is 0.104. The van der Waals surface area contributed by atoms with Crippen molar-refractivity contribution in [2.24, 2.45) is 0 Å². The second-order valence-electron chi connectivity index (χ2n) is 3.16. The van der Waals surface area contributed by atoms with Crippen LogP contribution >= 0.6 is 27.3 Å². The number of hydrogen-bond donors (Lipinski definition) is 1. The van der Waals surface area contributed by atoms with Crippen molar-refractivity contribution in [3.63, 3.8) is 0 Å². The van der Waals surface area contributed by atoms with Gasteiger partial charge in [0.15, 0.2) is 0 Å². The fraction of sp³-hybridized carbons (Fsp3) is 0. The smallest absolute Gasteiger partial charge is 0.205 e. The maximum absolute atomic E-state index is 13.0. The Morgan fingerprint density at radius 2 is 2.06 bits per heavy atom. The lowest BCUT2D eigenvalue weighted by Crippen LogP contribution is -2.04. The zero-order valence-electron chi connectivity index (χ0n) is 8.04. The van der Waals surface area contributed by atoms with Crippen LogP contribution in [0.2, 0.25) is 0 Å². The summed E-state index contributed by atoms with van der Waals surface area (Å²) in [6.45, 7) is 0. The summed E-state index contributed by atoms with van der Waals surface area (Å²) >= 11 is 4.56. The molecule has 82 valence electrons. The van der Waals surface area contributed by atoms with E-state index >= 15 is 0 Å². The maximum Gasteiger partial charge on any atom is 0.205 e. The van der Waals surface area contributed by atoms with E-state index in [4.69, 9.17) is 5.73 Å². The molecule has 1 heterocycles. The van der Waals surface area contributed by atoms with Crippen LogP contribution < -0.4 is 5.73 Å². The minimum Gasteiger partial charge on any atom is -0.398 e. The van der Waals surface area contributed by atoms with Crippen LogP contribution in [0.4, 0.5) is 10.1 Å². The van der Waals surface area contributed by atoms with E-state index in [0.29, 0.717) is 4.88 Å². The van der Waals surface area contributed by atoms with E-state index < -0.39 is 5.82 Å². The predicted octanol–water partition coefficient (Wildman–Crippen LogP) is 3.46. The topological polar surface area (TPSA) is 43.1 Å². The first-order valence-electron chi connectivity index (χ1n) is 4.43. The van der Waals surface area contributed by atoms with Crippen LogP contribution in [-0.2, 0) is 0 Å². The number of carbonyl (C=O) groups is 1. The Kier molecular flexibility index (Phi) is 3.07. The lowest BCUT2D eigenvalue weighted by atomic mass is 10.1. The van der Waals surface area contributed by atoms with Gasteiger partial charge in [0.05, 0.1) is 8.66 Å². The lowest BCUT2D eigenvalue weighted by Gasteiger charge is -2.02. The summed E-state index contributed by atoms with van der Waals surface area (Å²) in [5.74, 6) is -0.721. The highest BCUT2D eigenvalue weighted by Gasteiger charge is 2.15. The number of halogens is 2. The third-order valence-electron chi connectivity index (χ3n) is 2.06. The highest BCUT2D eigenvalue weighted by Crippen LogP contribution is 2.26. The van der Waals surface area contributed by atoms with E-state index in [-0.39, 0.29) is 17.0 Å². The third kappa shape index (κ3) is 2.15. The van der Waals surface area contributed by atoms with Gasteiger partial charge >= 0.3 is 0 Å². The summed E-state index contributed by atoms with van der Waals surface area (Å²) in [4.78, 5) is 12.5. The van der Waals surface area contributed by atoms with E-state index in [0.717, 1.165) is 9.85 Å². The van der Waals surface area contributed by atoms with Crippen LogP contribution in [0.15, 0.2) is 34.1 Å². The number of ketones is 1. The van der Waals surface area contributed by atoms with Gasteiger partial charge in [0, 0.05) is 11.3 Å². The summed E-state index contributed by atoms with van der Waals surface area (Å²) in [5, 5.41) is 0. The average molecular weight is 300 g/mol. The molecule has 2 N–H and O–H groups in total. The molecule has 0 aliphatic carbocycles. The van der Waals surface area contributed by atoms with Gasteiger partial charge in [0.2, 0.25) is 5.78 Å². The zero-order valence-corrected chi connectivity index (χ0v) is 10.4. The van der Waals surface area contributed by atoms with Gasteiger partial charge in [0.1, 0.15) is 5.82 Å². The molecule has 2 rings (SSSR count). The van der Waals surface area contributed by atoms with Crippen molar-refractivity contribution >= 4 is 38.7 Å². The van der Waals surface area contributed by atoms with Gasteiger partial charge in [-0.3, -0.25) is 4.79 Å². The quantitative estimate of drug-likeness (QED) is 0.682. The van der Waals surface area contributed by atoms with E-state index in [1.807, 2.05) is 0 Å². The number of hydrogen-bond acceptors (Lipinski definition) is 3. The minimum atomic E-state index is -0.465. The van der Waals surface area contributed by atoms with Crippen molar-refractivity contribution in [3.05, 3.63) is 50.4 Å². The molecule has 1 aromatic heterocycles. The molecule has 0 bridgehead atoms. The van der Waals surface area contributed by atoms with Gasteiger partial charge in [-0.15, -0.1) is 11.3 Å². The Morgan fingerprint density at radius 1 is 1.31 bits per heavy atom. The Balaban J connectivity index is 2.45. The van der Waals surface area contributed by atoms with Crippen LogP contribution in [0, 0.1) is 5.82 Å². The Morgan fingerprint density at radius 3 is 2.69 bits per heavy atom. The summed E-state index contributed by atoms with van der Waals surface area (Å²) in [6, 6.07) is 7.24. The largest absolute Gasteiger partial charge is 0.398 e. The van der Waals surface area contributed by atoms with E-state index in [2.05, 4.69) is 15.9 Å². The highest BCUT2D eigenvalue weighted by molar-refractivity contribution is 9.11. The maximum atomic E-state index is 13.0. The number of carbonyl (C=O) groups excluding carboxylic acids is 1. The average Bonchev–Trinajstić information content (AvgIpc) is 2.67. The van der Waals surface area contributed by atoms with E-state index in [9.17, 15) is 9.18 Å². The standard InChI is InChI=1S/C11H7BrFNOS/c12-10-4-3-9(16-10)11(15)7-5-6(13)1-2-8(7)14/h1-5H,14H2. The number of benzene rings is 1. The summed E-state index contributed by atoms with van der Waals surface area (Å²) < 4.78 is 13.9. The van der Waals surface area contributed by atoms with Crippen molar-refractivity contribution in [2.75, 3.05) is 5.73 Å². The van der Waals surface area contributed by atoms with Crippen LogP contribution in [0.25, 0.3) is 0 Å². The van der Waals surface area contributed by atoms with Gasteiger partial charge in [-0.05, 0) is 46.3 Å². The van der Waals surface area contributed by atoms with Gasteiger partial charge in [-0.25, -0.2) is 4.39 Å². The molecule has 2 aromatic rings. The predicted molar refractivity (Wildman–Crippen MR) is 66.3 cm³/mol. The SMILES string of the molecule is Nc1ccc(F)cc1C(=O)c1ccc(Br)s1. The zero-order chi connectivity index (χ0) is 11.7. The fourth-order valence-electron chi connectivity index (χ4n) is 1.29. The van der Waals surface area contributed by atoms with Crippen molar-refractivity contribution in [3.8, 4) is 0 Å². The van der Waals surface area contributed by atoms with Crippen LogP contribution in [-0.4, -0.2) is 5.78 Å². The molecule has 0 fully saturated rings. The number of anilines is 1. The molecule has 0 unspecified atom stereocenters. The van der Waals surface area contributed by atoms with Crippen LogP contribution in [0.5, 0.6) is 0 Å². The first-order chi connectivity index (χ1) is 7.58. The number of nitrogen functional groups attached to an aromatic ring is 1. The molecule has 0 aliphatic rings. The third-order valence-corrected chi connectivity index (χ3v) is 3.68. The van der Waals surface area contributed by atoms with E-state index in [1.165, 1.54) is 23.5 Å². The number of rotatable bonds is 2. The van der Waals surface area contributed by atoms with Crippen LogP contribution in [0.1, 0.15) is 15.2 Å². The molecule has 0 aliphatic heterocycles. The van der Waals surface area contributed by atoms with Gasteiger partial charge in [0.25, 0.3) is 0 Å². The molecule has 16 heavy (non-hydrogen) atoms. The van der Waals surface area contributed by atoms with Crippen molar-refractivity contribution in [1.82, 2.24) is 0 Å². The van der Waals surface area contributed by atoms with Gasteiger partial charge < -0.3 is 5.73 Å². The molecular formula is C11H7BrFNOS. The van der Waals surface area contributed by atoms with E-state index in [1.54, 1.807) is 12.1 Å². The first-order valence-corrected chi connectivity index (χ1v) is 6.04. The summed E-state index contributed by atoms with van der Waals surface area (Å²) in [6.07, 6.45) is 0. The number of thiophene rings is 1. The first kappa shape index (κ1) is 11.3. The molecule has 0 saturated heterocycles. The highest BCUT2D eigenvalue weighted by atomic mass is 79.9. The molecule has 1 aromatic carbocycles. The molecule has 0 spiro atoms. The monoisotopic (exact) mass is 299 g/mol. The molecule has 2 nitrogen and oxygen atoms in total. The molecule has 0 saturated carbocycles. The Hall–Kier alpha value is -1.20. The second-order valence-corrected chi connectivity index (χ2v) is 5.63. The number of nitrogens with two attached hydrogens (primary N) is 1. The molecule has 0 amide bonds. The van der Waals surface area contributed by atoms with Crippen LogP contribution in [0.3, 0.4) is 0 Å². The fourth-order valence-corrected chi connectivity index (χ4v) is 2.63. The summed E-state index contributed by atoms with van der Waals surface area (Å²) in [5.41, 5.74) is 6.13. The molecule has 0 radical (unpaired) electrons.